The number of nitrogens with zero attached hydrogens (tertiary/aromatic N) is 9. The summed E-state index contributed by atoms with van der Waals surface area (Å²) in [5, 5.41) is 7.38. The first kappa shape index (κ1) is 85.7. The van der Waals surface area contributed by atoms with Gasteiger partial charge in [0, 0.05) is 73.8 Å². The van der Waals surface area contributed by atoms with Crippen LogP contribution in [-0.4, -0.2) is 281 Å². The molecule has 4 aliphatic heterocycles. The maximum atomic E-state index is 15.6. The minimum atomic E-state index is -4.56. The Balaban J connectivity index is 1.29. The molecule has 0 aromatic rings. The highest BCUT2D eigenvalue weighted by atomic mass is 35.5. The molecule has 105 heavy (non-hydrogen) atoms. The number of amides is 12. The summed E-state index contributed by atoms with van der Waals surface area (Å²) in [6.45, 7) is 12.1. The molecule has 0 aromatic heterocycles. The fraction of sp³-hybridized carbons (Fsp3) is 0.836. The number of hydrogen-bond acceptors (Lipinski definition) is 13. The molecule has 4 heterocycles. The first-order valence-corrected chi connectivity index (χ1v) is 38.4. The van der Waals surface area contributed by atoms with E-state index in [1.807, 2.05) is 20.8 Å². The van der Waals surface area contributed by atoms with E-state index in [-0.39, 0.29) is 148 Å². The van der Waals surface area contributed by atoms with Crippen molar-refractivity contribution in [3.8, 4) is 0 Å². The summed E-state index contributed by atoms with van der Waals surface area (Å²) in [7, 11) is 8.17. The van der Waals surface area contributed by atoms with Gasteiger partial charge in [-0.2, -0.15) is 26.3 Å². The van der Waals surface area contributed by atoms with Gasteiger partial charge in [0.25, 0.3) is 0 Å². The molecule has 4 saturated heterocycles. The van der Waals surface area contributed by atoms with Crippen LogP contribution in [0.25, 0.3) is 0 Å². The predicted octanol–water partition coefficient (Wildman–Crippen LogP) is 6.12. The summed E-state index contributed by atoms with van der Waals surface area (Å²) in [5.41, 5.74) is -1.63. The Morgan fingerprint density at radius 1 is 0.600 bits per heavy atom. The third-order valence-corrected chi connectivity index (χ3v) is 24.5. The van der Waals surface area contributed by atoms with Crippen molar-refractivity contribution in [1.29, 1.82) is 0 Å². The second kappa shape index (κ2) is 36.6. The molecule has 3 saturated carbocycles. The van der Waals surface area contributed by atoms with Gasteiger partial charge >= 0.3 is 12.4 Å². The van der Waals surface area contributed by atoms with Gasteiger partial charge in [0.15, 0.2) is 0 Å². The quantitative estimate of drug-likeness (QED) is 0.147. The van der Waals surface area contributed by atoms with E-state index >= 15 is 28.8 Å². The minimum Gasteiger partial charge on any atom is -0.378 e. The molecule has 25 nitrogen and oxygen atoms in total. The Morgan fingerprint density at radius 3 is 1.77 bits per heavy atom. The van der Waals surface area contributed by atoms with E-state index in [2.05, 4.69) is 16.0 Å². The maximum absolute atomic E-state index is 15.6. The van der Waals surface area contributed by atoms with Crippen molar-refractivity contribution in [3.05, 3.63) is 0 Å². The molecule has 3 unspecified atom stereocenters. The molecule has 32 heteroatoms. The van der Waals surface area contributed by atoms with E-state index in [4.69, 9.17) is 16.3 Å². The number of ether oxygens (including phenoxy) is 1. The van der Waals surface area contributed by atoms with Gasteiger partial charge in [0.1, 0.15) is 59.9 Å². The average molecular weight is 1520 g/mol. The van der Waals surface area contributed by atoms with E-state index < -0.39 is 197 Å². The Kier molecular flexibility index (Phi) is 29.9. The maximum Gasteiger partial charge on any atom is 0.393 e. The number of hydrogen-bond donors (Lipinski definition) is 3. The molecule has 7 aliphatic rings. The first-order chi connectivity index (χ1) is 49.2. The minimum absolute atomic E-state index is 0.00248. The Hall–Kier alpha value is -6.53. The normalized spacial score (nSPS) is 31.7. The number of morpholine rings is 1. The number of alkyl halides is 7. The summed E-state index contributed by atoms with van der Waals surface area (Å²) in [5.74, 6) is -14.3. The molecule has 594 valence electrons. The highest BCUT2D eigenvalue weighted by molar-refractivity contribution is 6.21. The third-order valence-electron chi connectivity index (χ3n) is 24.1. The van der Waals surface area contributed by atoms with Crippen molar-refractivity contribution in [3.63, 3.8) is 0 Å². The van der Waals surface area contributed by atoms with Crippen LogP contribution in [0, 0.1) is 41.4 Å². The van der Waals surface area contributed by atoms with Gasteiger partial charge in [-0.05, 0) is 139 Å². The van der Waals surface area contributed by atoms with Gasteiger partial charge < -0.3 is 64.8 Å². The van der Waals surface area contributed by atoms with Crippen molar-refractivity contribution in [2.75, 3.05) is 88.2 Å². The lowest BCUT2D eigenvalue weighted by molar-refractivity contribution is -0.184. The Morgan fingerprint density at radius 2 is 1.21 bits per heavy atom. The van der Waals surface area contributed by atoms with Crippen LogP contribution in [0.4, 0.5) is 26.3 Å². The van der Waals surface area contributed by atoms with Crippen molar-refractivity contribution < 1.29 is 88.6 Å². The van der Waals surface area contributed by atoms with Gasteiger partial charge in [-0.15, -0.1) is 11.6 Å². The molecule has 1 spiro atoms. The van der Waals surface area contributed by atoms with E-state index in [0.717, 1.165) is 19.6 Å². The molecular weight excluding hydrogens is 1400 g/mol. The third kappa shape index (κ3) is 20.4. The predicted molar refractivity (Wildman–Crippen MR) is 376 cm³/mol. The van der Waals surface area contributed by atoms with Gasteiger partial charge in [-0.3, -0.25) is 57.5 Å². The second-order valence-corrected chi connectivity index (χ2v) is 32.1. The van der Waals surface area contributed by atoms with Gasteiger partial charge in [-0.25, -0.2) is 0 Å². The number of halogens is 7. The monoisotopic (exact) mass is 1520 g/mol. The zero-order valence-corrected chi connectivity index (χ0v) is 64.3. The molecule has 7 rings (SSSR count). The van der Waals surface area contributed by atoms with Crippen LogP contribution in [0.1, 0.15) is 183 Å². The van der Waals surface area contributed by atoms with Crippen LogP contribution >= 0.6 is 11.6 Å². The lowest BCUT2D eigenvalue weighted by atomic mass is 9.78. The number of likely N-dealkylation sites (N-methyl/N-ethyl adjacent to an activating group) is 6. The van der Waals surface area contributed by atoms with Gasteiger partial charge in [0.2, 0.25) is 70.9 Å². The molecule has 12 amide bonds. The molecule has 3 N–H and O–H groups in total. The van der Waals surface area contributed by atoms with Gasteiger partial charge in [0.05, 0.1) is 38.0 Å². The fourth-order valence-corrected chi connectivity index (χ4v) is 17.1. The van der Waals surface area contributed by atoms with Crippen LogP contribution in [0.3, 0.4) is 0 Å². The van der Waals surface area contributed by atoms with Crippen LogP contribution in [0.15, 0.2) is 0 Å². The highest BCUT2D eigenvalue weighted by Gasteiger charge is 2.53. The Bertz CT molecular complexity index is 3110. The molecular formula is C73H115ClF6N12O13. The molecule has 0 aromatic carbocycles. The number of carbonyl (C=O) groups excluding carboxylic acids is 12. The molecule has 3 aliphatic carbocycles. The first-order valence-electron chi connectivity index (χ1n) is 37.9. The van der Waals surface area contributed by atoms with Crippen LogP contribution in [0.5, 0.6) is 0 Å². The van der Waals surface area contributed by atoms with Crippen LogP contribution < -0.4 is 16.0 Å². The van der Waals surface area contributed by atoms with Crippen molar-refractivity contribution in [2.24, 2.45) is 41.4 Å². The number of fused-ring (bicyclic) bond motifs is 2. The molecule has 14 atom stereocenters. The average Bonchev–Trinajstić information content (AvgIpc) is 1.64. The second-order valence-electron chi connectivity index (χ2n) is 31.5. The van der Waals surface area contributed by atoms with Crippen molar-refractivity contribution >= 4 is 82.5 Å². The zero-order valence-electron chi connectivity index (χ0n) is 63.6. The van der Waals surface area contributed by atoms with Gasteiger partial charge in [-0.1, -0.05) is 67.2 Å². The van der Waals surface area contributed by atoms with E-state index in [1.165, 1.54) is 73.7 Å². The van der Waals surface area contributed by atoms with Crippen LogP contribution in [-0.2, 0) is 62.3 Å². The summed E-state index contributed by atoms with van der Waals surface area (Å²) >= 11 is 6.39. The molecule has 0 bridgehead atoms. The number of rotatable bonds is 12. The largest absolute Gasteiger partial charge is 0.393 e. The smallest absolute Gasteiger partial charge is 0.378 e. The summed E-state index contributed by atoms with van der Waals surface area (Å²) < 4.78 is 89.7. The molecule has 7 fully saturated rings. The Labute approximate surface area is 619 Å². The summed E-state index contributed by atoms with van der Waals surface area (Å²) in [6, 6.07) is -11.9. The van der Waals surface area contributed by atoms with Crippen molar-refractivity contribution in [1.82, 2.24) is 60.0 Å². The topological polar surface area (TPSA) is 279 Å². The standard InChI is InChI=1S/C73H115ClF6N12O13/c1-14-43(5)59-68(102)85(9)45(7)63(97)92-32-28-53(92)66(100)87(11)55(39-47-20-24-48(25-21-47)72(75,76)77)65(99)84(8)41-57(93)81-51(27-23-46-22-26-49(50(74)38-46)73(78,79)80)64(98)91-31-18-19-52(91)62(96)83-71(29-16-17-30-71)70(104)89(13)60(44(6)15-2)69(103)88(12)56(67(101)90-33-35-105-36-34-90)40-58(94)86(10)54(37-42(3)4)61(95)82-59/h42-56,59-60H,14-41H2,1-13H3,(H,81,93)(H,82,95)(H,83,96)/t43-,44-,45-,46?,47?,48?,49?,50?,51-,52-,53-,54-,55-,56-,59-,60-/m0/s1. The number of nitrogens with one attached hydrogen (secondary N) is 3. The SMILES string of the molecule is CC[C@H](C)[C@@H]1NC(=O)[C@H](CC(C)C)N(C)C(=O)C[C@@H](C(=O)N2CCOCC2)N(C)C(=O)[C@H]([C@@H](C)CC)N(C)C(=O)C2(CCCC2)NC(=O)[C@@H]2CCCN2C(=O)[C@H](CCC2CCC(C(F)(F)F)C(Cl)C2)NC(=O)CN(C)C(=O)[C@H](CC2CCC(C(F)(F)F)CC2)N(C)C(=O)[C@@H]2CCN2C(=O)[C@H](C)N(C)C1=O. The lowest BCUT2D eigenvalue weighted by Gasteiger charge is -2.45. The van der Waals surface area contributed by atoms with E-state index in [1.54, 1.807) is 20.8 Å². The number of carbonyl (C=O) groups is 12. The van der Waals surface area contributed by atoms with Crippen molar-refractivity contribution in [2.45, 2.75) is 261 Å². The lowest BCUT2D eigenvalue weighted by Crippen LogP contribution is -2.65. The summed E-state index contributed by atoms with van der Waals surface area (Å²) in [4.78, 5) is 192. The highest BCUT2D eigenvalue weighted by Crippen LogP contribution is 2.45. The van der Waals surface area contributed by atoms with E-state index in [9.17, 15) is 55.1 Å². The molecule has 0 radical (unpaired) electrons. The fourth-order valence-electron chi connectivity index (χ4n) is 16.6. The van der Waals surface area contributed by atoms with Crippen LogP contribution in [0.2, 0.25) is 0 Å². The zero-order chi connectivity index (χ0) is 78.1. The van der Waals surface area contributed by atoms with E-state index in [0.29, 0.717) is 25.7 Å². The summed E-state index contributed by atoms with van der Waals surface area (Å²) in [6.07, 6.45) is -8.05.